The van der Waals surface area contributed by atoms with Crippen LogP contribution in [0.2, 0.25) is 0 Å². The lowest BCUT2D eigenvalue weighted by Gasteiger charge is -2.25. The predicted octanol–water partition coefficient (Wildman–Crippen LogP) is 3.70. The van der Waals surface area contributed by atoms with Gasteiger partial charge in [-0.2, -0.15) is 0 Å². The van der Waals surface area contributed by atoms with E-state index >= 15 is 0 Å². The minimum Gasteiger partial charge on any atom is -0.454 e. The summed E-state index contributed by atoms with van der Waals surface area (Å²) in [5, 5.41) is 3.23. The summed E-state index contributed by atoms with van der Waals surface area (Å²) in [6.07, 6.45) is -0.105. The lowest BCUT2D eigenvalue weighted by molar-refractivity contribution is -0.128. The van der Waals surface area contributed by atoms with Crippen LogP contribution in [0.15, 0.2) is 82.8 Å². The van der Waals surface area contributed by atoms with Gasteiger partial charge in [0.2, 0.25) is 12.7 Å². The first kappa shape index (κ1) is 23.9. The molecule has 0 aliphatic carbocycles. The van der Waals surface area contributed by atoms with Crippen molar-refractivity contribution in [3.05, 3.63) is 89.5 Å². The lowest BCUT2D eigenvalue weighted by atomic mass is 10.1. The average Bonchev–Trinajstić information content (AvgIpc) is 3.55. The van der Waals surface area contributed by atoms with E-state index in [9.17, 15) is 14.4 Å². The van der Waals surface area contributed by atoms with Crippen molar-refractivity contribution in [1.82, 2.24) is 10.2 Å². The van der Waals surface area contributed by atoms with E-state index in [2.05, 4.69) is 15.3 Å². The van der Waals surface area contributed by atoms with Crippen LogP contribution in [0, 0.1) is 0 Å². The van der Waals surface area contributed by atoms with E-state index in [-0.39, 0.29) is 43.1 Å². The van der Waals surface area contributed by atoms with Gasteiger partial charge in [0.1, 0.15) is 11.9 Å². The summed E-state index contributed by atoms with van der Waals surface area (Å²) in [4.78, 5) is 49.6. The quantitative estimate of drug-likeness (QED) is 0.470. The van der Waals surface area contributed by atoms with E-state index in [4.69, 9.17) is 9.47 Å². The molecule has 0 aromatic heterocycles. The molecule has 10 heteroatoms. The van der Waals surface area contributed by atoms with Crippen LogP contribution in [0.3, 0.4) is 0 Å². The van der Waals surface area contributed by atoms with E-state index in [1.807, 2.05) is 54.6 Å². The minimum atomic E-state index is -0.886. The third-order valence-corrected chi connectivity index (χ3v) is 7.22. The summed E-state index contributed by atoms with van der Waals surface area (Å²) in [7, 11) is 0. The van der Waals surface area contributed by atoms with Crippen molar-refractivity contribution in [3.63, 3.8) is 0 Å². The fraction of sp³-hybridized carbons (Fsp3) is 0.179. The van der Waals surface area contributed by atoms with Crippen LogP contribution in [0.25, 0.3) is 0 Å². The van der Waals surface area contributed by atoms with Gasteiger partial charge >= 0.3 is 0 Å². The molecule has 1 N–H and O–H groups in total. The number of hydrogen-bond acceptors (Lipinski definition) is 8. The molecule has 2 amide bonds. The Balaban J connectivity index is 1.16. The number of ketones is 1. The standard InChI is InChI=1S/C28H22N4O5S/c33-22(18-6-2-1-3-7-18)15-38-28-31-20-9-5-4-8-19(20)26-30-21(27(35)32(26)28)13-25(34)29-14-17-10-11-23-24(12-17)37-16-36-23/h1-12,21H,13-16H2,(H,29,34)/t21-/m0/s1. The van der Waals surface area contributed by atoms with Crippen molar-refractivity contribution in [1.29, 1.82) is 0 Å². The van der Waals surface area contributed by atoms with Gasteiger partial charge < -0.3 is 14.8 Å². The molecule has 9 nitrogen and oxygen atoms in total. The lowest BCUT2D eigenvalue weighted by Crippen LogP contribution is -2.42. The molecular weight excluding hydrogens is 504 g/mol. The number of nitrogens with one attached hydrogen (secondary N) is 1. The van der Waals surface area contributed by atoms with Gasteiger partial charge in [0.15, 0.2) is 22.4 Å². The maximum Gasteiger partial charge on any atom is 0.259 e. The van der Waals surface area contributed by atoms with Crippen molar-refractivity contribution in [2.24, 2.45) is 9.98 Å². The zero-order chi connectivity index (χ0) is 26.1. The number of Topliss-reactive ketones (excluding diaryl/α,β-unsaturated/α-hetero) is 1. The second-order valence-corrected chi connectivity index (χ2v) is 9.74. The van der Waals surface area contributed by atoms with E-state index in [0.717, 1.165) is 5.56 Å². The highest BCUT2D eigenvalue weighted by molar-refractivity contribution is 8.14. The number of rotatable bonds is 7. The molecule has 0 bridgehead atoms. The van der Waals surface area contributed by atoms with E-state index < -0.39 is 6.04 Å². The van der Waals surface area contributed by atoms with Crippen LogP contribution < -0.4 is 14.8 Å². The smallest absolute Gasteiger partial charge is 0.259 e. The number of fused-ring (bicyclic) bond motifs is 4. The Hall–Kier alpha value is -4.44. The first-order valence-corrected chi connectivity index (χ1v) is 13.0. The molecule has 0 fully saturated rings. The summed E-state index contributed by atoms with van der Waals surface area (Å²) < 4.78 is 10.7. The van der Waals surface area contributed by atoms with Crippen LogP contribution >= 0.6 is 11.8 Å². The number of ether oxygens (including phenoxy) is 2. The maximum atomic E-state index is 13.4. The van der Waals surface area contributed by atoms with Crippen molar-refractivity contribution in [2.75, 3.05) is 12.5 Å². The molecule has 3 aliphatic rings. The molecule has 0 unspecified atom stereocenters. The molecule has 0 radical (unpaired) electrons. The Morgan fingerprint density at radius 2 is 1.79 bits per heavy atom. The number of para-hydroxylation sites is 1. The van der Waals surface area contributed by atoms with Crippen LogP contribution in [-0.2, 0) is 16.1 Å². The van der Waals surface area contributed by atoms with Gasteiger partial charge in [0, 0.05) is 17.7 Å². The fourth-order valence-electron chi connectivity index (χ4n) is 4.37. The second-order valence-electron chi connectivity index (χ2n) is 8.80. The number of benzene rings is 3. The van der Waals surface area contributed by atoms with Crippen molar-refractivity contribution >= 4 is 46.1 Å². The fourth-order valence-corrected chi connectivity index (χ4v) is 5.26. The minimum absolute atomic E-state index is 0.0678. The first-order chi connectivity index (χ1) is 18.6. The van der Waals surface area contributed by atoms with Gasteiger partial charge in [-0.25, -0.2) is 9.89 Å². The molecule has 38 heavy (non-hydrogen) atoms. The van der Waals surface area contributed by atoms with Crippen LogP contribution in [0.1, 0.15) is 27.9 Å². The molecule has 6 rings (SSSR count). The summed E-state index contributed by atoms with van der Waals surface area (Å²) in [5.74, 6) is 1.16. The van der Waals surface area contributed by atoms with Crippen LogP contribution in [-0.4, -0.2) is 52.1 Å². The van der Waals surface area contributed by atoms with Gasteiger partial charge in [-0.1, -0.05) is 60.3 Å². The number of hydrogen-bond donors (Lipinski definition) is 1. The SMILES string of the molecule is O=C(C[C@@H]1N=C2c3ccccc3N=C(SCC(=O)c3ccccc3)N2C1=O)NCc1ccc2c(c1)OCO2. The number of amides is 2. The number of carbonyl (C=O) groups excluding carboxylic acids is 3. The molecule has 3 aliphatic heterocycles. The number of amidine groups is 2. The van der Waals surface area contributed by atoms with Crippen molar-refractivity contribution in [2.45, 2.75) is 19.0 Å². The number of nitrogens with zero attached hydrogens (tertiary/aromatic N) is 3. The topological polar surface area (TPSA) is 110 Å². The molecule has 190 valence electrons. The first-order valence-electron chi connectivity index (χ1n) is 12.0. The largest absolute Gasteiger partial charge is 0.454 e. The van der Waals surface area contributed by atoms with Gasteiger partial charge in [-0.15, -0.1) is 0 Å². The Morgan fingerprint density at radius 3 is 2.66 bits per heavy atom. The third-order valence-electron chi connectivity index (χ3n) is 6.28. The third kappa shape index (κ3) is 4.66. The molecule has 0 saturated carbocycles. The highest BCUT2D eigenvalue weighted by Crippen LogP contribution is 2.35. The Labute approximate surface area is 222 Å². The molecule has 1 atom stereocenters. The normalized spacial score (nSPS) is 16.9. The highest BCUT2D eigenvalue weighted by Gasteiger charge is 2.42. The van der Waals surface area contributed by atoms with E-state index in [0.29, 0.717) is 39.3 Å². The number of carbonyl (C=O) groups is 3. The van der Waals surface area contributed by atoms with Gasteiger partial charge in [0.25, 0.3) is 5.91 Å². The Kier molecular flexibility index (Phi) is 6.38. The predicted molar refractivity (Wildman–Crippen MR) is 143 cm³/mol. The van der Waals surface area contributed by atoms with Crippen molar-refractivity contribution in [3.8, 4) is 11.5 Å². The van der Waals surface area contributed by atoms with E-state index in [1.165, 1.54) is 16.7 Å². The average molecular weight is 527 g/mol. The molecule has 0 saturated heterocycles. The summed E-state index contributed by atoms with van der Waals surface area (Å²) >= 11 is 1.18. The molecule has 3 heterocycles. The Bertz CT molecular complexity index is 1500. The van der Waals surface area contributed by atoms with Gasteiger partial charge in [0.05, 0.1) is 17.9 Å². The summed E-state index contributed by atoms with van der Waals surface area (Å²) in [6, 6.07) is 20.9. The Morgan fingerprint density at radius 1 is 1.00 bits per heavy atom. The number of aliphatic imine (C=N–C) groups is 2. The second kappa shape index (κ2) is 10.1. The molecule has 3 aromatic carbocycles. The van der Waals surface area contributed by atoms with Crippen LogP contribution in [0.4, 0.5) is 5.69 Å². The maximum absolute atomic E-state index is 13.4. The van der Waals surface area contributed by atoms with E-state index in [1.54, 1.807) is 18.2 Å². The molecular formula is C28H22N4O5S. The van der Waals surface area contributed by atoms with Gasteiger partial charge in [-0.05, 0) is 29.8 Å². The summed E-state index contributed by atoms with van der Waals surface area (Å²) in [6.45, 7) is 0.461. The monoisotopic (exact) mass is 526 g/mol. The van der Waals surface area contributed by atoms with Gasteiger partial charge in [-0.3, -0.25) is 19.4 Å². The zero-order valence-electron chi connectivity index (χ0n) is 20.1. The molecule has 3 aromatic rings. The van der Waals surface area contributed by atoms with Crippen molar-refractivity contribution < 1.29 is 23.9 Å². The van der Waals surface area contributed by atoms with Crippen LogP contribution in [0.5, 0.6) is 11.5 Å². The number of thioether (sulfide) groups is 1. The highest BCUT2D eigenvalue weighted by atomic mass is 32.2. The summed E-state index contributed by atoms with van der Waals surface area (Å²) in [5.41, 5.74) is 2.82. The zero-order valence-corrected chi connectivity index (χ0v) is 20.9. The molecule has 0 spiro atoms.